The number of rotatable bonds is 11. The number of sulfonamides is 1. The van der Waals surface area contributed by atoms with Gasteiger partial charge in [-0.2, -0.15) is 0 Å². The van der Waals surface area contributed by atoms with Crippen LogP contribution in [0.4, 0.5) is 13.2 Å². The third-order valence-corrected chi connectivity index (χ3v) is 9.38. The number of carboxylic acid groups (broad SMARTS) is 1. The molecule has 3 N–H and O–H groups in total. The topological polar surface area (TPSA) is 127 Å². The molecule has 2 aromatic rings. The number of hydrogen-bond acceptors (Lipinski definition) is 5. The van der Waals surface area contributed by atoms with Gasteiger partial charge in [-0.05, 0) is 84.9 Å². The highest BCUT2D eigenvalue weighted by Gasteiger charge is 2.36. The Morgan fingerprint density at radius 1 is 1.05 bits per heavy atom. The van der Waals surface area contributed by atoms with Crippen LogP contribution < -0.4 is 14.8 Å². The maximum atomic E-state index is 13.5. The Balaban J connectivity index is 2.08. The van der Waals surface area contributed by atoms with Crippen molar-refractivity contribution in [3.8, 4) is 17.0 Å². The number of hydrogen-bond donors (Lipinski definition) is 3. The Morgan fingerprint density at radius 3 is 2.23 bits per heavy atom. The van der Waals surface area contributed by atoms with Crippen LogP contribution in [0.15, 0.2) is 29.2 Å². The molecule has 240 valence electrons. The minimum atomic E-state index is -5.15. The Morgan fingerprint density at radius 2 is 1.67 bits per heavy atom. The molecule has 0 radical (unpaired) electrons. The highest BCUT2D eigenvalue weighted by molar-refractivity contribution is 7.89. The number of carbonyl (C=O) groups is 2. The van der Waals surface area contributed by atoms with Gasteiger partial charge in [-0.3, -0.25) is 9.59 Å². The van der Waals surface area contributed by atoms with Crippen LogP contribution in [-0.4, -0.2) is 48.4 Å². The van der Waals surface area contributed by atoms with Gasteiger partial charge >= 0.3 is 12.3 Å². The number of carbonyl (C=O) groups excluding carboxylic acids is 1. The van der Waals surface area contributed by atoms with E-state index >= 15 is 0 Å². The van der Waals surface area contributed by atoms with E-state index in [9.17, 15) is 36.3 Å². The molecule has 1 heterocycles. The van der Waals surface area contributed by atoms with Gasteiger partial charge in [-0.25, -0.2) is 13.1 Å². The largest absolute Gasteiger partial charge is 0.573 e. The lowest BCUT2D eigenvalue weighted by Gasteiger charge is -2.25. The Hall–Kier alpha value is -3.06. The first-order valence-corrected chi connectivity index (χ1v) is 15.8. The number of benzene rings is 1. The van der Waals surface area contributed by atoms with E-state index < -0.39 is 49.9 Å². The van der Waals surface area contributed by atoms with Gasteiger partial charge in [-0.15, -0.1) is 13.2 Å². The summed E-state index contributed by atoms with van der Waals surface area (Å²) in [6, 6.07) is 5.09. The third kappa shape index (κ3) is 9.21. The van der Waals surface area contributed by atoms with Crippen molar-refractivity contribution < 1.29 is 41.0 Å². The maximum absolute atomic E-state index is 13.5. The average Bonchev–Trinajstić information content (AvgIpc) is 3.17. The van der Waals surface area contributed by atoms with Gasteiger partial charge in [0.25, 0.3) is 5.91 Å². The SMILES string of the molecule is Cc1c(C(=O)NCCC(C)(C)C(=O)O)cc(-c2ccc(S(=O)(=O)NC(C)(C)C)c(OC(F)(F)F)c2)n1CC1CCCCC1. The fourth-order valence-electron chi connectivity index (χ4n) is 5.22. The van der Waals surface area contributed by atoms with Gasteiger partial charge in [0.1, 0.15) is 10.6 Å². The van der Waals surface area contributed by atoms with Crippen molar-refractivity contribution in [1.29, 1.82) is 0 Å². The highest BCUT2D eigenvalue weighted by atomic mass is 32.2. The molecule has 1 amide bonds. The number of aliphatic carboxylic acids is 1. The molecular formula is C30H42F3N3O6S. The van der Waals surface area contributed by atoms with Crippen LogP contribution in [0.25, 0.3) is 11.3 Å². The zero-order valence-corrected chi connectivity index (χ0v) is 26.3. The van der Waals surface area contributed by atoms with Crippen molar-refractivity contribution >= 4 is 21.9 Å². The number of halogens is 3. The summed E-state index contributed by atoms with van der Waals surface area (Å²) in [5, 5.41) is 12.1. The van der Waals surface area contributed by atoms with E-state index in [1.54, 1.807) is 47.6 Å². The van der Waals surface area contributed by atoms with Crippen molar-refractivity contribution in [3.05, 3.63) is 35.5 Å². The first-order valence-electron chi connectivity index (χ1n) is 14.4. The van der Waals surface area contributed by atoms with Crippen LogP contribution in [0.1, 0.15) is 89.2 Å². The van der Waals surface area contributed by atoms with Crippen molar-refractivity contribution in [1.82, 2.24) is 14.6 Å². The van der Waals surface area contributed by atoms with E-state index in [-0.39, 0.29) is 18.5 Å². The summed E-state index contributed by atoms with van der Waals surface area (Å²) >= 11 is 0. The van der Waals surface area contributed by atoms with E-state index in [1.165, 1.54) is 6.07 Å². The molecular weight excluding hydrogens is 587 g/mol. The molecule has 1 aliphatic rings. The van der Waals surface area contributed by atoms with Crippen LogP contribution in [0, 0.1) is 18.3 Å². The van der Waals surface area contributed by atoms with Crippen LogP contribution in [0.3, 0.4) is 0 Å². The molecule has 0 unspecified atom stereocenters. The molecule has 1 fully saturated rings. The van der Waals surface area contributed by atoms with Crippen LogP contribution >= 0.6 is 0 Å². The molecule has 13 heteroatoms. The quantitative estimate of drug-likeness (QED) is 0.270. The molecule has 3 rings (SSSR count). The summed E-state index contributed by atoms with van der Waals surface area (Å²) in [6.45, 7) is 10.2. The standard InChI is InChI=1S/C30H42F3N3O6S/c1-19-22(26(37)34-15-14-29(5,6)27(38)39)17-23(36(19)18-20-10-8-7-9-11-20)21-12-13-25(24(16-21)42-30(31,32)33)43(40,41)35-28(2,3)4/h12-13,16-17,20,35H,7-11,14-15,18H2,1-6H3,(H,34,37)(H,38,39). The summed E-state index contributed by atoms with van der Waals surface area (Å²) in [5.41, 5.74) is -0.416. The van der Waals surface area contributed by atoms with E-state index in [1.807, 2.05) is 4.57 Å². The molecule has 1 aliphatic carbocycles. The molecule has 1 aromatic carbocycles. The minimum absolute atomic E-state index is 0.109. The molecule has 43 heavy (non-hydrogen) atoms. The lowest BCUT2D eigenvalue weighted by Crippen LogP contribution is -2.40. The number of ether oxygens (including phenoxy) is 1. The van der Waals surface area contributed by atoms with Gasteiger partial charge in [0.15, 0.2) is 0 Å². The number of aromatic nitrogens is 1. The summed E-state index contributed by atoms with van der Waals surface area (Å²) < 4.78 is 74.9. The first-order chi connectivity index (χ1) is 19.7. The molecule has 9 nitrogen and oxygen atoms in total. The maximum Gasteiger partial charge on any atom is 0.573 e. The van der Waals surface area contributed by atoms with Gasteiger partial charge in [0.05, 0.1) is 11.0 Å². The number of nitrogens with zero attached hydrogens (tertiary/aromatic N) is 1. The van der Waals surface area contributed by atoms with Gasteiger partial charge in [0.2, 0.25) is 10.0 Å². The van der Waals surface area contributed by atoms with Crippen molar-refractivity contribution in [2.45, 2.75) is 103 Å². The monoisotopic (exact) mass is 629 g/mol. The molecule has 0 spiro atoms. The third-order valence-electron chi connectivity index (χ3n) is 7.59. The summed E-state index contributed by atoms with van der Waals surface area (Å²) in [6.07, 6.45) is 0.236. The summed E-state index contributed by atoms with van der Waals surface area (Å²) in [4.78, 5) is 24.0. The zero-order chi connectivity index (χ0) is 32.4. The lowest BCUT2D eigenvalue weighted by molar-refractivity contribution is -0.275. The Kier molecular flexibility index (Phi) is 10.3. The molecule has 0 aliphatic heterocycles. The number of amides is 1. The smallest absolute Gasteiger partial charge is 0.481 e. The van der Waals surface area contributed by atoms with E-state index in [4.69, 9.17) is 0 Å². The summed E-state index contributed by atoms with van der Waals surface area (Å²) in [5.74, 6) is -2.01. The highest BCUT2D eigenvalue weighted by Crippen LogP contribution is 2.37. The Bertz CT molecular complexity index is 1440. The predicted octanol–water partition coefficient (Wildman–Crippen LogP) is 6.25. The normalized spacial score (nSPS) is 15.4. The first kappa shape index (κ1) is 34.4. The van der Waals surface area contributed by atoms with E-state index in [0.717, 1.165) is 44.2 Å². The van der Waals surface area contributed by atoms with Crippen LogP contribution in [0.2, 0.25) is 0 Å². The Labute approximate surface area is 251 Å². The van der Waals surface area contributed by atoms with Gasteiger partial charge in [-0.1, -0.05) is 25.3 Å². The van der Waals surface area contributed by atoms with Crippen LogP contribution in [-0.2, 0) is 21.4 Å². The van der Waals surface area contributed by atoms with Gasteiger partial charge in [0, 0.05) is 35.6 Å². The van der Waals surface area contributed by atoms with Crippen molar-refractivity contribution in [2.75, 3.05) is 6.54 Å². The minimum Gasteiger partial charge on any atom is -0.481 e. The van der Waals surface area contributed by atoms with E-state index in [0.29, 0.717) is 29.4 Å². The second-order valence-electron chi connectivity index (χ2n) is 12.9. The number of alkyl halides is 3. The van der Waals surface area contributed by atoms with Crippen LogP contribution in [0.5, 0.6) is 5.75 Å². The van der Waals surface area contributed by atoms with Gasteiger partial charge < -0.3 is 19.7 Å². The fraction of sp³-hybridized carbons (Fsp3) is 0.600. The van der Waals surface area contributed by atoms with Crippen molar-refractivity contribution in [3.63, 3.8) is 0 Å². The number of carboxylic acids is 1. The van der Waals surface area contributed by atoms with Crippen molar-refractivity contribution in [2.24, 2.45) is 11.3 Å². The molecule has 0 atom stereocenters. The predicted molar refractivity (Wildman–Crippen MR) is 156 cm³/mol. The molecule has 0 bridgehead atoms. The second kappa shape index (κ2) is 12.9. The summed E-state index contributed by atoms with van der Waals surface area (Å²) in [7, 11) is -4.39. The molecule has 0 saturated heterocycles. The second-order valence-corrected chi connectivity index (χ2v) is 14.6. The molecule has 1 saturated carbocycles. The zero-order valence-electron chi connectivity index (χ0n) is 25.5. The fourth-order valence-corrected chi connectivity index (χ4v) is 6.75. The average molecular weight is 630 g/mol. The molecule has 1 aromatic heterocycles. The lowest BCUT2D eigenvalue weighted by atomic mass is 9.89. The number of nitrogens with one attached hydrogen (secondary N) is 2. The van der Waals surface area contributed by atoms with E-state index in [2.05, 4.69) is 14.8 Å².